The lowest BCUT2D eigenvalue weighted by Crippen LogP contribution is -2.14. The van der Waals surface area contributed by atoms with Crippen LogP contribution < -0.4 is 0 Å². The van der Waals surface area contributed by atoms with Gasteiger partial charge in [0.25, 0.3) is 0 Å². The smallest absolute Gasteiger partial charge is 0.0702 e. The maximum atomic E-state index is 5.03. The molecule has 2 heteroatoms. The molecule has 2 nitrogen and oxygen atoms in total. The van der Waals surface area contributed by atoms with E-state index in [1.54, 1.807) is 0 Å². The van der Waals surface area contributed by atoms with Crippen molar-refractivity contribution in [2.45, 2.75) is 19.3 Å². The SMILES string of the molecule is CC1(C)c2ccccc2-c2ccc(-c3ccc(-c4ccc5c6ccccc6n(-c6cc(-c7ccccc7)cc(-c7ccccc7)c6)c5c4)cn3)cc21. The minimum atomic E-state index is -0.0434. The number of rotatable bonds is 5. The van der Waals surface area contributed by atoms with Crippen molar-refractivity contribution in [3.05, 3.63) is 193 Å². The van der Waals surface area contributed by atoms with Crippen LogP contribution in [0, 0.1) is 0 Å². The average molecular weight is 665 g/mol. The highest BCUT2D eigenvalue weighted by Gasteiger charge is 2.35. The fourth-order valence-corrected chi connectivity index (χ4v) is 8.36. The van der Waals surface area contributed by atoms with Crippen LogP contribution in [0.4, 0.5) is 0 Å². The van der Waals surface area contributed by atoms with E-state index in [1.165, 1.54) is 66.3 Å². The molecule has 0 bridgehead atoms. The lowest BCUT2D eigenvalue weighted by molar-refractivity contribution is 0.660. The molecule has 7 aromatic carbocycles. The minimum absolute atomic E-state index is 0.0434. The Kier molecular flexibility index (Phi) is 6.87. The largest absolute Gasteiger partial charge is 0.309 e. The Bertz CT molecular complexity index is 2730. The van der Waals surface area contributed by atoms with Crippen LogP contribution in [0.3, 0.4) is 0 Å². The molecule has 2 aromatic heterocycles. The van der Waals surface area contributed by atoms with Gasteiger partial charge in [-0.2, -0.15) is 0 Å². The second kappa shape index (κ2) is 11.8. The summed E-state index contributed by atoms with van der Waals surface area (Å²) in [5, 5.41) is 2.47. The molecule has 1 aliphatic carbocycles. The van der Waals surface area contributed by atoms with E-state index in [9.17, 15) is 0 Å². The van der Waals surface area contributed by atoms with Crippen molar-refractivity contribution in [1.82, 2.24) is 9.55 Å². The highest BCUT2D eigenvalue weighted by molar-refractivity contribution is 6.10. The molecule has 0 N–H and O–H groups in total. The summed E-state index contributed by atoms with van der Waals surface area (Å²) in [5.74, 6) is 0. The van der Waals surface area contributed by atoms with Gasteiger partial charge in [0, 0.05) is 39.2 Å². The summed E-state index contributed by atoms with van der Waals surface area (Å²) in [6, 6.07) is 63.9. The molecule has 10 rings (SSSR count). The Morgan fingerprint density at radius 3 is 1.75 bits per heavy atom. The average Bonchev–Trinajstić information content (AvgIpc) is 3.66. The van der Waals surface area contributed by atoms with Crippen LogP contribution in [0.2, 0.25) is 0 Å². The van der Waals surface area contributed by atoms with Crippen molar-refractivity contribution in [2.75, 3.05) is 0 Å². The molecule has 0 radical (unpaired) electrons. The molecule has 0 aliphatic heterocycles. The van der Waals surface area contributed by atoms with E-state index in [2.05, 4.69) is 194 Å². The molecule has 1 aliphatic rings. The van der Waals surface area contributed by atoms with E-state index < -0.39 is 0 Å². The summed E-state index contributed by atoms with van der Waals surface area (Å²) >= 11 is 0. The van der Waals surface area contributed by atoms with Crippen LogP contribution in [-0.2, 0) is 5.41 Å². The summed E-state index contributed by atoms with van der Waals surface area (Å²) < 4.78 is 2.43. The van der Waals surface area contributed by atoms with Gasteiger partial charge in [0.1, 0.15) is 0 Å². The number of hydrogen-bond donors (Lipinski definition) is 0. The van der Waals surface area contributed by atoms with Crippen molar-refractivity contribution in [2.24, 2.45) is 0 Å². The van der Waals surface area contributed by atoms with E-state index in [0.717, 1.165) is 28.1 Å². The second-order valence-corrected chi connectivity index (χ2v) is 14.4. The van der Waals surface area contributed by atoms with Crippen LogP contribution in [0.25, 0.3) is 83.3 Å². The molecular formula is C50H36N2. The molecular weight excluding hydrogens is 629 g/mol. The van der Waals surface area contributed by atoms with Crippen LogP contribution in [0.1, 0.15) is 25.0 Å². The number of fused-ring (bicyclic) bond motifs is 6. The van der Waals surface area contributed by atoms with Gasteiger partial charge in [-0.25, -0.2) is 0 Å². The van der Waals surface area contributed by atoms with Crippen LogP contribution in [-0.4, -0.2) is 9.55 Å². The van der Waals surface area contributed by atoms with E-state index in [0.29, 0.717) is 0 Å². The summed E-state index contributed by atoms with van der Waals surface area (Å²) in [6.45, 7) is 4.65. The Morgan fingerprint density at radius 1 is 0.404 bits per heavy atom. The minimum Gasteiger partial charge on any atom is -0.309 e. The van der Waals surface area contributed by atoms with E-state index >= 15 is 0 Å². The molecule has 0 unspecified atom stereocenters. The molecule has 0 amide bonds. The van der Waals surface area contributed by atoms with Crippen molar-refractivity contribution < 1.29 is 0 Å². The highest BCUT2D eigenvalue weighted by atomic mass is 15.0. The van der Waals surface area contributed by atoms with Crippen LogP contribution >= 0.6 is 0 Å². The van der Waals surface area contributed by atoms with Crippen LogP contribution in [0.15, 0.2) is 182 Å². The topological polar surface area (TPSA) is 17.8 Å². The number of benzene rings is 7. The van der Waals surface area contributed by atoms with Gasteiger partial charge in [0.05, 0.1) is 16.7 Å². The predicted octanol–water partition coefficient (Wildman–Crippen LogP) is 13.2. The Balaban J connectivity index is 1.09. The maximum Gasteiger partial charge on any atom is 0.0702 e. The number of nitrogens with zero attached hydrogens (tertiary/aromatic N) is 2. The van der Waals surface area contributed by atoms with Crippen molar-refractivity contribution >= 4 is 21.8 Å². The molecule has 246 valence electrons. The van der Waals surface area contributed by atoms with E-state index in [4.69, 9.17) is 4.98 Å². The zero-order valence-electron chi connectivity index (χ0n) is 29.2. The molecule has 0 fully saturated rings. The zero-order chi connectivity index (χ0) is 34.8. The van der Waals surface area contributed by atoms with Gasteiger partial charge in [-0.1, -0.05) is 147 Å². The molecule has 0 atom stereocenters. The van der Waals surface area contributed by atoms with Gasteiger partial charge in [-0.3, -0.25) is 4.98 Å². The third-order valence-corrected chi connectivity index (χ3v) is 11.0. The van der Waals surface area contributed by atoms with E-state index in [-0.39, 0.29) is 5.41 Å². The fraction of sp³-hybridized carbons (Fsp3) is 0.0600. The van der Waals surface area contributed by atoms with Gasteiger partial charge in [0.15, 0.2) is 0 Å². The van der Waals surface area contributed by atoms with Crippen molar-refractivity contribution in [3.63, 3.8) is 0 Å². The zero-order valence-corrected chi connectivity index (χ0v) is 29.2. The normalized spacial score (nSPS) is 13.0. The van der Waals surface area contributed by atoms with E-state index in [1.807, 2.05) is 6.20 Å². The van der Waals surface area contributed by atoms with Crippen LogP contribution in [0.5, 0.6) is 0 Å². The number of hydrogen-bond acceptors (Lipinski definition) is 1. The molecule has 0 saturated carbocycles. The molecule has 52 heavy (non-hydrogen) atoms. The van der Waals surface area contributed by atoms with Gasteiger partial charge in [0.2, 0.25) is 0 Å². The first-order valence-corrected chi connectivity index (χ1v) is 18.0. The standard InChI is InChI=1S/C50H36N2/c1-50(2)45-19-11-9-17-41(45)42-24-22-36(30-46(42)50)47-26-23-37(32-51-47)35-21-25-44-43-18-10-12-20-48(43)52(49(44)31-35)40-28-38(33-13-5-3-6-14-33)27-39(29-40)34-15-7-4-8-16-34/h3-32H,1-2H3. The highest BCUT2D eigenvalue weighted by Crippen LogP contribution is 2.49. The first-order chi connectivity index (χ1) is 25.5. The third kappa shape index (κ3) is 4.83. The van der Waals surface area contributed by atoms with Crippen molar-refractivity contribution in [3.8, 4) is 61.5 Å². The third-order valence-electron chi connectivity index (χ3n) is 11.0. The first-order valence-electron chi connectivity index (χ1n) is 18.0. The maximum absolute atomic E-state index is 5.03. The number of aromatic nitrogens is 2. The predicted molar refractivity (Wildman–Crippen MR) is 218 cm³/mol. The summed E-state index contributed by atoms with van der Waals surface area (Å²) in [7, 11) is 0. The summed E-state index contributed by atoms with van der Waals surface area (Å²) in [5.41, 5.74) is 18.0. The summed E-state index contributed by atoms with van der Waals surface area (Å²) in [6.07, 6.45) is 2.03. The number of para-hydroxylation sites is 1. The van der Waals surface area contributed by atoms with Gasteiger partial charge < -0.3 is 4.57 Å². The molecule has 9 aromatic rings. The van der Waals surface area contributed by atoms with Crippen molar-refractivity contribution in [1.29, 1.82) is 0 Å². The van der Waals surface area contributed by atoms with Gasteiger partial charge in [-0.05, 0) is 92.5 Å². The number of pyridine rings is 1. The lowest BCUT2D eigenvalue weighted by Gasteiger charge is -2.21. The Hall–Kier alpha value is -6.51. The van der Waals surface area contributed by atoms with Gasteiger partial charge in [-0.15, -0.1) is 0 Å². The van der Waals surface area contributed by atoms with Gasteiger partial charge >= 0.3 is 0 Å². The monoisotopic (exact) mass is 664 g/mol. The Labute approximate surface area is 304 Å². The summed E-state index contributed by atoms with van der Waals surface area (Å²) in [4.78, 5) is 5.03. The quantitative estimate of drug-likeness (QED) is 0.179. The fourth-order valence-electron chi connectivity index (χ4n) is 8.36. The second-order valence-electron chi connectivity index (χ2n) is 14.4. The molecule has 0 saturated heterocycles. The Morgan fingerprint density at radius 2 is 1.02 bits per heavy atom. The first kappa shape index (κ1) is 30.3. The molecule has 0 spiro atoms. The molecule has 2 heterocycles. The lowest BCUT2D eigenvalue weighted by atomic mass is 9.82.